The number of carbonyl (C=O) groups is 1. The van der Waals surface area contributed by atoms with Crippen LogP contribution in [0.4, 0.5) is 4.39 Å². The molecular weight excluding hydrogens is 257 g/mol. The number of halogens is 2. The summed E-state index contributed by atoms with van der Waals surface area (Å²) in [5, 5.41) is 2.51. The van der Waals surface area contributed by atoms with Gasteiger partial charge in [0, 0.05) is 24.9 Å². The first kappa shape index (κ1) is 12.6. The molecule has 0 bridgehead atoms. The monoisotopic (exact) mass is 267 g/mol. The van der Waals surface area contributed by atoms with Crippen molar-refractivity contribution in [1.29, 1.82) is 0 Å². The summed E-state index contributed by atoms with van der Waals surface area (Å²) in [6.45, 7) is 0.424. The Labute approximate surface area is 108 Å². The van der Waals surface area contributed by atoms with Gasteiger partial charge in [0.2, 0.25) is 0 Å². The Morgan fingerprint density at radius 1 is 1.50 bits per heavy atom. The maximum Gasteiger partial charge on any atom is 0.252 e. The third kappa shape index (κ3) is 2.87. The van der Waals surface area contributed by atoms with Crippen molar-refractivity contribution < 1.29 is 9.18 Å². The van der Waals surface area contributed by atoms with Gasteiger partial charge in [0.25, 0.3) is 5.91 Å². The zero-order chi connectivity index (χ0) is 13.0. The van der Waals surface area contributed by atoms with E-state index in [2.05, 4.69) is 15.3 Å². The van der Waals surface area contributed by atoms with E-state index in [0.29, 0.717) is 13.0 Å². The number of benzene rings is 1. The van der Waals surface area contributed by atoms with E-state index >= 15 is 0 Å². The van der Waals surface area contributed by atoms with Crippen molar-refractivity contribution >= 4 is 17.5 Å². The average molecular weight is 268 g/mol. The molecule has 0 saturated carbocycles. The van der Waals surface area contributed by atoms with Crippen LogP contribution in [0, 0.1) is 5.82 Å². The fraction of sp³-hybridized carbons (Fsp3) is 0.167. The second-order valence-corrected chi connectivity index (χ2v) is 4.06. The zero-order valence-electron chi connectivity index (χ0n) is 9.41. The van der Waals surface area contributed by atoms with Gasteiger partial charge < -0.3 is 10.3 Å². The molecular formula is C12H11ClFN3O. The van der Waals surface area contributed by atoms with Gasteiger partial charge in [-0.1, -0.05) is 17.7 Å². The van der Waals surface area contributed by atoms with Gasteiger partial charge >= 0.3 is 0 Å². The number of nitrogens with one attached hydrogen (secondary N) is 2. The first-order valence-electron chi connectivity index (χ1n) is 5.38. The fourth-order valence-corrected chi connectivity index (χ4v) is 1.72. The van der Waals surface area contributed by atoms with Gasteiger partial charge in [-0.2, -0.15) is 0 Å². The third-order valence-corrected chi connectivity index (χ3v) is 2.82. The standard InChI is InChI=1S/C12H11ClFN3O/c13-11-9(2-1-3-10(11)14)12(18)16-5-4-8-6-15-7-17-8/h1-3,6-7H,4-5H2,(H,15,17)(H,16,18). The largest absolute Gasteiger partial charge is 0.352 e. The summed E-state index contributed by atoms with van der Waals surface area (Å²) in [4.78, 5) is 18.5. The Kier molecular flexibility index (Phi) is 3.94. The molecule has 0 aliphatic heterocycles. The summed E-state index contributed by atoms with van der Waals surface area (Å²) in [6, 6.07) is 4.14. The Balaban J connectivity index is 1.93. The van der Waals surface area contributed by atoms with Gasteiger partial charge in [0.05, 0.1) is 16.9 Å². The molecule has 2 aromatic rings. The van der Waals surface area contributed by atoms with E-state index in [1.54, 1.807) is 12.5 Å². The minimum atomic E-state index is -0.599. The van der Waals surface area contributed by atoms with Gasteiger partial charge in [-0.05, 0) is 12.1 Å². The number of hydrogen-bond donors (Lipinski definition) is 2. The van der Waals surface area contributed by atoms with Crippen molar-refractivity contribution in [1.82, 2.24) is 15.3 Å². The van der Waals surface area contributed by atoms with E-state index in [1.807, 2.05) is 0 Å². The lowest BCUT2D eigenvalue weighted by Crippen LogP contribution is -2.26. The lowest BCUT2D eigenvalue weighted by Gasteiger charge is -2.06. The van der Waals surface area contributed by atoms with Crippen LogP contribution in [-0.4, -0.2) is 22.4 Å². The predicted octanol–water partition coefficient (Wildman–Crippen LogP) is 2.17. The average Bonchev–Trinajstić information content (AvgIpc) is 2.85. The van der Waals surface area contributed by atoms with E-state index in [4.69, 9.17) is 11.6 Å². The number of rotatable bonds is 4. The molecule has 2 N–H and O–H groups in total. The minimum Gasteiger partial charge on any atom is -0.352 e. The Morgan fingerprint density at radius 3 is 3.06 bits per heavy atom. The number of aromatic nitrogens is 2. The molecule has 1 amide bonds. The number of amides is 1. The highest BCUT2D eigenvalue weighted by Crippen LogP contribution is 2.19. The Morgan fingerprint density at radius 2 is 2.33 bits per heavy atom. The SMILES string of the molecule is O=C(NCCc1cnc[nH]1)c1cccc(F)c1Cl. The highest BCUT2D eigenvalue weighted by molar-refractivity contribution is 6.34. The van der Waals surface area contributed by atoms with Crippen molar-refractivity contribution in [3.63, 3.8) is 0 Å². The fourth-order valence-electron chi connectivity index (χ4n) is 1.51. The van der Waals surface area contributed by atoms with Crippen LogP contribution in [0.5, 0.6) is 0 Å². The van der Waals surface area contributed by atoms with Gasteiger partial charge in [-0.3, -0.25) is 4.79 Å². The minimum absolute atomic E-state index is 0.140. The molecule has 4 nitrogen and oxygen atoms in total. The molecule has 0 unspecified atom stereocenters. The highest BCUT2D eigenvalue weighted by atomic mass is 35.5. The van der Waals surface area contributed by atoms with Gasteiger partial charge in [-0.25, -0.2) is 9.37 Å². The van der Waals surface area contributed by atoms with Crippen molar-refractivity contribution in [3.8, 4) is 0 Å². The van der Waals surface area contributed by atoms with E-state index in [0.717, 1.165) is 5.69 Å². The smallest absolute Gasteiger partial charge is 0.252 e. The molecule has 1 heterocycles. The van der Waals surface area contributed by atoms with Gasteiger partial charge in [0.15, 0.2) is 0 Å². The van der Waals surface area contributed by atoms with E-state index in [1.165, 1.54) is 18.2 Å². The van der Waals surface area contributed by atoms with E-state index in [9.17, 15) is 9.18 Å². The number of carbonyl (C=O) groups excluding carboxylic acids is 1. The van der Waals surface area contributed by atoms with Crippen LogP contribution in [0.3, 0.4) is 0 Å². The molecule has 0 aliphatic rings. The van der Waals surface area contributed by atoms with Gasteiger partial charge in [-0.15, -0.1) is 0 Å². The number of imidazole rings is 1. The molecule has 2 rings (SSSR count). The quantitative estimate of drug-likeness (QED) is 0.892. The van der Waals surface area contributed by atoms with Crippen LogP contribution >= 0.6 is 11.6 Å². The second kappa shape index (κ2) is 5.64. The normalized spacial score (nSPS) is 10.3. The molecule has 0 fully saturated rings. The molecule has 0 aliphatic carbocycles. The number of aromatic amines is 1. The topological polar surface area (TPSA) is 57.8 Å². The van der Waals surface area contributed by atoms with Crippen LogP contribution in [0.2, 0.25) is 5.02 Å². The Hall–Kier alpha value is -1.88. The summed E-state index contributed by atoms with van der Waals surface area (Å²) in [6.07, 6.45) is 3.88. The molecule has 0 saturated heterocycles. The van der Waals surface area contributed by atoms with E-state index < -0.39 is 5.82 Å². The molecule has 6 heteroatoms. The summed E-state index contributed by atoms with van der Waals surface area (Å²) in [5.41, 5.74) is 1.06. The maximum atomic E-state index is 13.2. The molecule has 1 aromatic carbocycles. The summed E-state index contributed by atoms with van der Waals surface area (Å²) in [5.74, 6) is -0.989. The zero-order valence-corrected chi connectivity index (χ0v) is 10.2. The van der Waals surface area contributed by atoms with E-state index in [-0.39, 0.29) is 16.5 Å². The Bertz CT molecular complexity index is 542. The van der Waals surface area contributed by atoms with Gasteiger partial charge in [0.1, 0.15) is 5.82 Å². The lowest BCUT2D eigenvalue weighted by molar-refractivity contribution is 0.0954. The molecule has 1 aromatic heterocycles. The number of nitrogens with zero attached hydrogens (tertiary/aromatic N) is 1. The third-order valence-electron chi connectivity index (χ3n) is 2.43. The molecule has 0 radical (unpaired) electrons. The first-order valence-corrected chi connectivity index (χ1v) is 5.75. The molecule has 94 valence electrons. The van der Waals surface area contributed by atoms with Crippen LogP contribution in [0.1, 0.15) is 16.1 Å². The summed E-state index contributed by atoms with van der Waals surface area (Å²) >= 11 is 5.71. The summed E-state index contributed by atoms with van der Waals surface area (Å²) in [7, 11) is 0. The first-order chi connectivity index (χ1) is 8.68. The number of hydrogen-bond acceptors (Lipinski definition) is 2. The predicted molar refractivity (Wildman–Crippen MR) is 66.0 cm³/mol. The van der Waals surface area contributed by atoms with Crippen molar-refractivity contribution in [2.45, 2.75) is 6.42 Å². The maximum absolute atomic E-state index is 13.2. The number of H-pyrrole nitrogens is 1. The second-order valence-electron chi connectivity index (χ2n) is 3.68. The van der Waals surface area contributed by atoms with Crippen LogP contribution < -0.4 is 5.32 Å². The van der Waals surface area contributed by atoms with Crippen molar-refractivity contribution in [3.05, 3.63) is 52.8 Å². The van der Waals surface area contributed by atoms with Crippen molar-refractivity contribution in [2.75, 3.05) is 6.54 Å². The molecule has 0 atom stereocenters. The summed E-state index contributed by atoms with van der Waals surface area (Å²) < 4.78 is 13.2. The van der Waals surface area contributed by atoms with Crippen LogP contribution in [-0.2, 0) is 6.42 Å². The van der Waals surface area contributed by atoms with Crippen LogP contribution in [0.15, 0.2) is 30.7 Å². The molecule has 18 heavy (non-hydrogen) atoms. The van der Waals surface area contributed by atoms with Crippen molar-refractivity contribution in [2.24, 2.45) is 0 Å². The van der Waals surface area contributed by atoms with Crippen LogP contribution in [0.25, 0.3) is 0 Å². The molecule has 0 spiro atoms. The lowest BCUT2D eigenvalue weighted by atomic mass is 10.2. The highest BCUT2D eigenvalue weighted by Gasteiger charge is 2.12.